The number of carbonyl (C=O) groups is 3. The van der Waals surface area contributed by atoms with E-state index in [1.807, 2.05) is 12.1 Å². The van der Waals surface area contributed by atoms with Crippen LogP contribution in [0, 0.1) is 0 Å². The van der Waals surface area contributed by atoms with Crippen molar-refractivity contribution in [1.29, 1.82) is 0 Å². The predicted molar refractivity (Wildman–Crippen MR) is 150 cm³/mol. The Hall–Kier alpha value is -4.72. The Labute approximate surface area is 225 Å². The van der Waals surface area contributed by atoms with E-state index in [1.165, 1.54) is 28.7 Å². The van der Waals surface area contributed by atoms with Crippen LogP contribution < -0.4 is 5.32 Å². The Morgan fingerprint density at radius 3 is 2.36 bits per heavy atom. The number of aromatic carboxylic acids is 1. The minimum absolute atomic E-state index is 0.180. The molecule has 0 unspecified atom stereocenters. The summed E-state index contributed by atoms with van der Waals surface area (Å²) in [6.07, 6.45) is 6.42. The predicted octanol–water partition coefficient (Wildman–Crippen LogP) is 6.48. The molecule has 0 saturated heterocycles. The van der Waals surface area contributed by atoms with Crippen molar-refractivity contribution >= 4 is 40.1 Å². The molecule has 5 rings (SSSR count). The van der Waals surface area contributed by atoms with Gasteiger partial charge >= 0.3 is 11.9 Å². The lowest BCUT2D eigenvalue weighted by Crippen LogP contribution is -2.14. The van der Waals surface area contributed by atoms with Crippen LogP contribution in [-0.2, 0) is 11.3 Å². The van der Waals surface area contributed by atoms with E-state index in [-0.39, 0.29) is 24.9 Å². The lowest BCUT2D eigenvalue weighted by Gasteiger charge is -2.14. The molecular formula is C31H29N3O5. The minimum atomic E-state index is -1.06. The first-order chi connectivity index (χ1) is 18.9. The van der Waals surface area contributed by atoms with E-state index in [4.69, 9.17) is 5.11 Å². The molecule has 0 saturated carbocycles. The maximum absolute atomic E-state index is 13.0. The molecular weight excluding hydrogens is 494 g/mol. The van der Waals surface area contributed by atoms with Crippen LogP contribution in [0.3, 0.4) is 0 Å². The zero-order valence-electron chi connectivity index (χ0n) is 21.4. The highest BCUT2D eigenvalue weighted by Gasteiger charge is 2.20. The molecule has 0 aliphatic heterocycles. The van der Waals surface area contributed by atoms with Gasteiger partial charge in [-0.05, 0) is 65.6 Å². The largest absolute Gasteiger partial charge is 0.481 e. The molecule has 198 valence electrons. The van der Waals surface area contributed by atoms with Gasteiger partial charge in [-0.25, -0.2) is 4.79 Å². The maximum Gasteiger partial charge on any atom is 0.336 e. The number of hydrogen-bond acceptors (Lipinski definition) is 5. The maximum atomic E-state index is 13.0. The molecule has 1 aliphatic rings. The summed E-state index contributed by atoms with van der Waals surface area (Å²) < 4.78 is 1.24. The summed E-state index contributed by atoms with van der Waals surface area (Å²) in [4.78, 5) is 35.8. The Morgan fingerprint density at radius 2 is 1.64 bits per heavy atom. The molecule has 0 radical (unpaired) electrons. The van der Waals surface area contributed by atoms with Crippen molar-refractivity contribution in [2.45, 2.75) is 45.1 Å². The van der Waals surface area contributed by atoms with Gasteiger partial charge in [0.15, 0.2) is 5.82 Å². The smallest absolute Gasteiger partial charge is 0.336 e. The van der Waals surface area contributed by atoms with E-state index in [0.29, 0.717) is 22.3 Å². The Morgan fingerprint density at radius 1 is 0.872 bits per heavy atom. The van der Waals surface area contributed by atoms with Crippen LogP contribution in [0.15, 0.2) is 72.8 Å². The number of benzene rings is 3. The monoisotopic (exact) mass is 523 g/mol. The number of hydrogen-bond donors (Lipinski definition) is 3. The number of carbonyl (C=O) groups excluding carboxylic acids is 1. The molecule has 3 N–H and O–H groups in total. The number of carboxylic acid groups (broad SMARTS) is 2. The van der Waals surface area contributed by atoms with Crippen LogP contribution in [0.2, 0.25) is 0 Å². The van der Waals surface area contributed by atoms with Gasteiger partial charge < -0.3 is 15.5 Å². The standard InChI is InChI=1S/C31H29N3O5/c35-27(17-18-28(36)37)34-26-12-6-11-24(22-15-13-21(14-16-22)20-7-2-1-3-8-20)29(26)30(33-34)32-19-23-9-4-5-10-25(23)31(38)39/h4-7,9-16H,1-3,8,17-19H2,(H,32,33)(H,36,37)(H,38,39). The molecule has 1 aliphatic carbocycles. The second-order valence-corrected chi connectivity index (χ2v) is 9.62. The van der Waals surface area contributed by atoms with E-state index in [9.17, 15) is 19.5 Å². The number of anilines is 1. The second kappa shape index (κ2) is 11.3. The summed E-state index contributed by atoms with van der Waals surface area (Å²) in [5.41, 5.74) is 5.69. The number of allylic oxidation sites excluding steroid dienone is 2. The number of fused-ring (bicyclic) bond motifs is 1. The first-order valence-electron chi connectivity index (χ1n) is 13.0. The van der Waals surface area contributed by atoms with E-state index in [0.717, 1.165) is 24.0 Å². The van der Waals surface area contributed by atoms with Crippen molar-refractivity contribution in [1.82, 2.24) is 9.78 Å². The van der Waals surface area contributed by atoms with Gasteiger partial charge in [0.1, 0.15) is 0 Å². The number of aliphatic carboxylic acids is 1. The average Bonchev–Trinajstić information content (AvgIpc) is 3.34. The Kier molecular flexibility index (Phi) is 7.54. The van der Waals surface area contributed by atoms with Crippen LogP contribution in [-0.4, -0.2) is 37.8 Å². The molecule has 1 heterocycles. The highest BCUT2D eigenvalue weighted by Crippen LogP contribution is 2.36. The van der Waals surface area contributed by atoms with Crippen LogP contribution in [0.25, 0.3) is 27.6 Å². The highest BCUT2D eigenvalue weighted by atomic mass is 16.4. The normalized spacial score (nSPS) is 13.2. The van der Waals surface area contributed by atoms with Gasteiger partial charge in [0, 0.05) is 13.0 Å². The van der Waals surface area contributed by atoms with Crippen molar-refractivity contribution in [3.8, 4) is 11.1 Å². The number of rotatable bonds is 9. The first kappa shape index (κ1) is 25.9. The van der Waals surface area contributed by atoms with Gasteiger partial charge in [-0.2, -0.15) is 4.68 Å². The summed E-state index contributed by atoms with van der Waals surface area (Å²) in [5.74, 6) is -2.10. The second-order valence-electron chi connectivity index (χ2n) is 9.62. The lowest BCUT2D eigenvalue weighted by atomic mass is 9.92. The van der Waals surface area contributed by atoms with Crippen molar-refractivity contribution < 1.29 is 24.6 Å². The van der Waals surface area contributed by atoms with E-state index in [1.54, 1.807) is 30.3 Å². The average molecular weight is 524 g/mol. The highest BCUT2D eigenvalue weighted by molar-refractivity contribution is 6.06. The van der Waals surface area contributed by atoms with Gasteiger partial charge in [0.25, 0.3) is 0 Å². The fourth-order valence-corrected chi connectivity index (χ4v) is 5.07. The summed E-state index contributed by atoms with van der Waals surface area (Å²) in [5, 5.41) is 27.1. The molecule has 0 fully saturated rings. The quantitative estimate of drug-likeness (QED) is 0.230. The third-order valence-electron chi connectivity index (χ3n) is 7.05. The minimum Gasteiger partial charge on any atom is -0.481 e. The van der Waals surface area contributed by atoms with E-state index in [2.05, 4.69) is 40.8 Å². The van der Waals surface area contributed by atoms with Crippen LogP contribution in [0.1, 0.15) is 64.8 Å². The fourth-order valence-electron chi connectivity index (χ4n) is 5.07. The molecule has 0 bridgehead atoms. The lowest BCUT2D eigenvalue weighted by molar-refractivity contribution is -0.137. The Bertz CT molecular complexity index is 1580. The molecule has 3 aromatic carbocycles. The zero-order valence-corrected chi connectivity index (χ0v) is 21.4. The molecule has 8 heteroatoms. The van der Waals surface area contributed by atoms with E-state index >= 15 is 0 Å². The number of aromatic nitrogens is 2. The van der Waals surface area contributed by atoms with Crippen LogP contribution in [0.5, 0.6) is 0 Å². The molecule has 39 heavy (non-hydrogen) atoms. The Balaban J connectivity index is 1.56. The third-order valence-corrected chi connectivity index (χ3v) is 7.05. The van der Waals surface area contributed by atoms with Crippen LogP contribution in [0.4, 0.5) is 5.82 Å². The number of nitrogens with one attached hydrogen (secondary N) is 1. The van der Waals surface area contributed by atoms with Crippen molar-refractivity contribution in [2.75, 3.05) is 5.32 Å². The number of carboxylic acids is 2. The van der Waals surface area contributed by atoms with Crippen molar-refractivity contribution in [3.63, 3.8) is 0 Å². The summed E-state index contributed by atoms with van der Waals surface area (Å²) in [6.45, 7) is 0.180. The molecule has 0 atom stereocenters. The summed E-state index contributed by atoms with van der Waals surface area (Å²) in [7, 11) is 0. The van der Waals surface area contributed by atoms with Gasteiger partial charge in [-0.1, -0.05) is 60.7 Å². The van der Waals surface area contributed by atoms with Gasteiger partial charge in [0.05, 0.1) is 22.9 Å². The topological polar surface area (TPSA) is 122 Å². The molecule has 0 spiro atoms. The molecule has 8 nitrogen and oxygen atoms in total. The van der Waals surface area contributed by atoms with Crippen LogP contribution >= 0.6 is 0 Å². The van der Waals surface area contributed by atoms with Crippen molar-refractivity contribution in [3.05, 3.63) is 89.5 Å². The van der Waals surface area contributed by atoms with E-state index < -0.39 is 17.8 Å². The number of nitrogens with zero attached hydrogens (tertiary/aromatic N) is 2. The molecule has 0 amide bonds. The van der Waals surface area contributed by atoms with Gasteiger partial charge in [-0.3, -0.25) is 9.59 Å². The molecule has 4 aromatic rings. The summed E-state index contributed by atoms with van der Waals surface area (Å²) >= 11 is 0. The first-order valence-corrected chi connectivity index (χ1v) is 13.0. The molecule has 1 aromatic heterocycles. The fraction of sp³-hybridized carbons (Fsp3) is 0.226. The van der Waals surface area contributed by atoms with Crippen molar-refractivity contribution in [2.24, 2.45) is 0 Å². The van der Waals surface area contributed by atoms with Gasteiger partial charge in [0.2, 0.25) is 5.91 Å². The van der Waals surface area contributed by atoms with Gasteiger partial charge in [-0.15, -0.1) is 5.10 Å². The SMILES string of the molecule is O=C(O)CCC(=O)n1nc(NCc2ccccc2C(=O)O)c2c(-c3ccc(C4=CCCCC4)cc3)cccc21. The summed E-state index contributed by atoms with van der Waals surface area (Å²) in [6, 6.07) is 20.7. The third kappa shape index (κ3) is 5.60. The zero-order chi connectivity index (χ0) is 27.4.